The molecule has 0 aromatic heterocycles. The van der Waals surface area contributed by atoms with Crippen molar-refractivity contribution in [3.05, 3.63) is 29.3 Å². The fourth-order valence-electron chi connectivity index (χ4n) is 2.51. The Morgan fingerprint density at radius 2 is 1.82 bits per heavy atom. The van der Waals surface area contributed by atoms with Gasteiger partial charge in [-0.15, -0.1) is 0 Å². The van der Waals surface area contributed by atoms with E-state index in [0.29, 0.717) is 17.8 Å². The number of nitrogen functional groups attached to an aromatic ring is 1. The predicted molar refractivity (Wildman–Crippen MR) is 77.2 cm³/mol. The second-order valence-corrected chi connectivity index (χ2v) is 5.63. The van der Waals surface area contributed by atoms with E-state index in [0.717, 1.165) is 5.69 Å². The smallest absolute Gasteiger partial charge is 0.0352 e. The molecule has 0 saturated carbocycles. The zero-order valence-corrected chi connectivity index (χ0v) is 12.0. The third kappa shape index (κ3) is 3.49. The number of rotatable bonds is 5. The first-order chi connectivity index (χ1) is 7.97. The van der Waals surface area contributed by atoms with Crippen LogP contribution < -0.4 is 5.73 Å². The van der Waals surface area contributed by atoms with E-state index in [1.807, 2.05) is 0 Å². The highest BCUT2D eigenvalue weighted by molar-refractivity contribution is 5.51. The lowest BCUT2D eigenvalue weighted by Crippen LogP contribution is -2.17. The highest BCUT2D eigenvalue weighted by atomic mass is 14.6. The summed E-state index contributed by atoms with van der Waals surface area (Å²) < 4.78 is 0. The molecule has 1 nitrogen and oxygen atoms in total. The van der Waals surface area contributed by atoms with Gasteiger partial charge < -0.3 is 5.73 Å². The molecule has 1 heteroatoms. The minimum atomic E-state index is 0.598. The number of hydrogen-bond donors (Lipinski definition) is 1. The topological polar surface area (TPSA) is 26.0 Å². The van der Waals surface area contributed by atoms with Crippen LogP contribution in [0, 0.1) is 18.8 Å². The Bertz CT molecular complexity index is 355. The van der Waals surface area contributed by atoms with E-state index in [-0.39, 0.29) is 0 Å². The van der Waals surface area contributed by atoms with Crippen molar-refractivity contribution in [1.82, 2.24) is 0 Å². The lowest BCUT2D eigenvalue weighted by molar-refractivity contribution is 0.331. The molecule has 0 spiro atoms. The van der Waals surface area contributed by atoms with Crippen LogP contribution in [0.1, 0.15) is 57.6 Å². The summed E-state index contributed by atoms with van der Waals surface area (Å²) in [4.78, 5) is 0. The third-order valence-corrected chi connectivity index (χ3v) is 3.93. The Balaban J connectivity index is 3.04. The maximum absolute atomic E-state index is 6.19. The van der Waals surface area contributed by atoms with Gasteiger partial charge in [0, 0.05) is 5.69 Å². The average Bonchev–Trinajstić information content (AvgIpc) is 2.26. The first-order valence-corrected chi connectivity index (χ1v) is 6.83. The van der Waals surface area contributed by atoms with Crippen molar-refractivity contribution in [2.75, 3.05) is 5.73 Å². The van der Waals surface area contributed by atoms with Gasteiger partial charge in [-0.05, 0) is 48.3 Å². The first kappa shape index (κ1) is 14.1. The molecule has 0 heterocycles. The highest BCUT2D eigenvalue weighted by Crippen LogP contribution is 2.36. The minimum absolute atomic E-state index is 0.598. The van der Waals surface area contributed by atoms with Crippen LogP contribution in [0.25, 0.3) is 0 Å². The normalized spacial score (nSPS) is 14.9. The molecule has 1 aromatic rings. The van der Waals surface area contributed by atoms with E-state index in [4.69, 9.17) is 5.73 Å². The largest absolute Gasteiger partial charge is 0.398 e. The molecule has 0 aliphatic rings. The van der Waals surface area contributed by atoms with Crippen LogP contribution in [0.3, 0.4) is 0 Å². The minimum Gasteiger partial charge on any atom is -0.398 e. The molecule has 0 aliphatic heterocycles. The Labute approximate surface area is 106 Å². The van der Waals surface area contributed by atoms with Crippen LogP contribution in [-0.4, -0.2) is 0 Å². The van der Waals surface area contributed by atoms with Gasteiger partial charge >= 0.3 is 0 Å². The van der Waals surface area contributed by atoms with Gasteiger partial charge in [0.2, 0.25) is 0 Å². The van der Waals surface area contributed by atoms with Crippen molar-refractivity contribution in [1.29, 1.82) is 0 Å². The van der Waals surface area contributed by atoms with E-state index in [2.05, 4.69) is 52.8 Å². The summed E-state index contributed by atoms with van der Waals surface area (Å²) in [6.45, 7) is 11.3. The number of benzene rings is 1. The van der Waals surface area contributed by atoms with E-state index in [9.17, 15) is 0 Å². The zero-order valence-electron chi connectivity index (χ0n) is 12.0. The molecule has 96 valence electrons. The molecule has 0 amide bonds. The van der Waals surface area contributed by atoms with E-state index >= 15 is 0 Å². The SMILES string of the molecule is CCCC(c1ccc(C)cc1N)C(C)C(C)C. The van der Waals surface area contributed by atoms with Gasteiger partial charge in [-0.25, -0.2) is 0 Å². The van der Waals surface area contributed by atoms with Crippen molar-refractivity contribution >= 4 is 5.69 Å². The maximum Gasteiger partial charge on any atom is 0.0352 e. The van der Waals surface area contributed by atoms with Crippen molar-refractivity contribution in [2.24, 2.45) is 11.8 Å². The summed E-state index contributed by atoms with van der Waals surface area (Å²) in [7, 11) is 0. The van der Waals surface area contributed by atoms with Gasteiger partial charge in [-0.1, -0.05) is 46.2 Å². The first-order valence-electron chi connectivity index (χ1n) is 6.83. The molecule has 1 aromatic carbocycles. The van der Waals surface area contributed by atoms with Gasteiger partial charge in [0.15, 0.2) is 0 Å². The Morgan fingerprint density at radius 1 is 1.18 bits per heavy atom. The Hall–Kier alpha value is -0.980. The molecule has 0 saturated heterocycles. The molecule has 2 atom stereocenters. The van der Waals surface area contributed by atoms with Crippen molar-refractivity contribution in [2.45, 2.75) is 53.4 Å². The van der Waals surface area contributed by atoms with Crippen LogP contribution in [0.2, 0.25) is 0 Å². The molecular formula is C16H27N. The molecule has 1 rings (SSSR count). The summed E-state index contributed by atoms with van der Waals surface area (Å²) >= 11 is 0. The number of anilines is 1. The summed E-state index contributed by atoms with van der Waals surface area (Å²) in [5.41, 5.74) is 9.75. The molecule has 0 aliphatic carbocycles. The summed E-state index contributed by atoms with van der Waals surface area (Å²) in [6.07, 6.45) is 2.45. The maximum atomic E-state index is 6.19. The monoisotopic (exact) mass is 233 g/mol. The lowest BCUT2D eigenvalue weighted by Gasteiger charge is -2.28. The number of aryl methyl sites for hydroxylation is 1. The Morgan fingerprint density at radius 3 is 2.29 bits per heavy atom. The van der Waals surface area contributed by atoms with Crippen molar-refractivity contribution in [3.8, 4) is 0 Å². The summed E-state index contributed by atoms with van der Waals surface area (Å²) in [5.74, 6) is 1.98. The molecule has 2 N–H and O–H groups in total. The molecule has 0 bridgehead atoms. The van der Waals surface area contributed by atoms with Gasteiger partial charge in [0.05, 0.1) is 0 Å². The van der Waals surface area contributed by atoms with E-state index < -0.39 is 0 Å². The van der Waals surface area contributed by atoms with Crippen molar-refractivity contribution in [3.63, 3.8) is 0 Å². The van der Waals surface area contributed by atoms with E-state index in [1.54, 1.807) is 0 Å². The predicted octanol–water partition coefficient (Wildman–Crippen LogP) is 4.75. The molecule has 0 fully saturated rings. The molecule has 17 heavy (non-hydrogen) atoms. The highest BCUT2D eigenvalue weighted by Gasteiger charge is 2.22. The average molecular weight is 233 g/mol. The van der Waals surface area contributed by atoms with Crippen LogP contribution in [-0.2, 0) is 0 Å². The van der Waals surface area contributed by atoms with Crippen LogP contribution in [0.4, 0.5) is 5.69 Å². The second kappa shape index (κ2) is 6.09. The van der Waals surface area contributed by atoms with Crippen LogP contribution >= 0.6 is 0 Å². The Kier molecular flexibility index (Phi) is 5.04. The fourth-order valence-corrected chi connectivity index (χ4v) is 2.51. The van der Waals surface area contributed by atoms with Crippen LogP contribution in [0.5, 0.6) is 0 Å². The van der Waals surface area contributed by atoms with E-state index in [1.165, 1.54) is 24.0 Å². The number of hydrogen-bond acceptors (Lipinski definition) is 1. The summed E-state index contributed by atoms with van der Waals surface area (Å²) in [5, 5.41) is 0. The van der Waals surface area contributed by atoms with Crippen molar-refractivity contribution < 1.29 is 0 Å². The quantitative estimate of drug-likeness (QED) is 0.729. The lowest BCUT2D eigenvalue weighted by atomic mass is 9.77. The molecular weight excluding hydrogens is 206 g/mol. The van der Waals surface area contributed by atoms with Crippen LogP contribution in [0.15, 0.2) is 18.2 Å². The molecule has 2 unspecified atom stereocenters. The van der Waals surface area contributed by atoms with Gasteiger partial charge in [-0.2, -0.15) is 0 Å². The van der Waals surface area contributed by atoms with Gasteiger partial charge in [0.25, 0.3) is 0 Å². The molecule has 0 radical (unpaired) electrons. The van der Waals surface area contributed by atoms with Gasteiger partial charge in [-0.3, -0.25) is 0 Å². The van der Waals surface area contributed by atoms with Gasteiger partial charge in [0.1, 0.15) is 0 Å². The zero-order chi connectivity index (χ0) is 13.0. The summed E-state index contributed by atoms with van der Waals surface area (Å²) in [6, 6.07) is 6.51. The standard InChI is InChI=1S/C16H27N/c1-6-7-14(13(5)11(2)3)15-9-8-12(4)10-16(15)17/h8-11,13-14H,6-7,17H2,1-5H3. The number of nitrogens with two attached hydrogens (primary N) is 1. The fraction of sp³-hybridized carbons (Fsp3) is 0.625. The second-order valence-electron chi connectivity index (χ2n) is 5.63. The third-order valence-electron chi connectivity index (χ3n) is 3.93.